The molecule has 0 fully saturated rings. The van der Waals surface area contributed by atoms with Crippen LogP contribution in [0.1, 0.15) is 94.2 Å². The summed E-state index contributed by atoms with van der Waals surface area (Å²) in [5, 5.41) is -3.35. The molecule has 9 aliphatic rings. The van der Waals surface area contributed by atoms with Crippen LogP contribution in [0.4, 0.5) is 34.1 Å². The van der Waals surface area contributed by atoms with E-state index in [1.807, 2.05) is 198 Å². The fourth-order valence-electron chi connectivity index (χ4n) is 15.9. The lowest BCUT2D eigenvalue weighted by molar-refractivity contribution is 0.0938. The number of anilines is 6. The number of para-hydroxylation sites is 6. The Morgan fingerprint density at radius 2 is 0.757 bits per heavy atom. The Morgan fingerprint density at radius 1 is 0.398 bits per heavy atom. The second-order valence-electron chi connectivity index (χ2n) is 26.2. The largest absolute Gasteiger partial charge is 0.313 e. The minimum absolute atomic E-state index is 0. The lowest BCUT2D eigenvalue weighted by Gasteiger charge is -2.41. The molecule has 522 valence electrons. The molecular weight excluding hydrogens is 1380 g/mol. The number of benzene rings is 10. The quantitative estimate of drug-likeness (QED) is 0.152. The van der Waals surface area contributed by atoms with Crippen LogP contribution in [-0.4, -0.2) is 66.1 Å². The number of ketones is 1. The molecule has 13 nitrogen and oxygen atoms in total. The SMILES string of the molecule is C.[2H]C1(C)c2ccccc2N(C2=CC3C(=O)c4ccccc4S(=O)(=O)C3C=C2)c2ccccc21.[2H]C1(C)c2ccccc2N(C2=CC3C(C=C2)S(=O)(=O)c2ccccc2S3(=O)=O)c2ccccc21.[2H]C1([2H])c2ccccc2N(C2=CC3C(C=C2)S(=O)(=O)c2ccccc2P3(=O)c2ccccc2)c2ccccc21.[2H][2H].[2H][2H].[2H][2H].[2H][2H]. The van der Waals surface area contributed by atoms with Gasteiger partial charge in [0.15, 0.2) is 52.3 Å². The van der Waals surface area contributed by atoms with Crippen LogP contribution in [0.25, 0.3) is 0 Å². The first-order chi connectivity index (χ1) is 54.7. The van der Waals surface area contributed by atoms with Crippen LogP contribution in [0.15, 0.2) is 340 Å². The number of Topliss-reactive ketones (excluding diaryl/α,β-unsaturated/α-hetero) is 1. The summed E-state index contributed by atoms with van der Waals surface area (Å²) in [6, 6.07) is 73.4. The van der Waals surface area contributed by atoms with Gasteiger partial charge in [-0.1, -0.05) is 221 Å². The maximum Gasteiger partial charge on any atom is 0.187 e. The summed E-state index contributed by atoms with van der Waals surface area (Å²) in [7, 11) is -18.7. The van der Waals surface area contributed by atoms with E-state index in [4.69, 9.17) is 17.4 Å². The molecule has 7 atom stereocenters. The monoisotopic (exact) mass is 1470 g/mol. The van der Waals surface area contributed by atoms with Crippen molar-refractivity contribution < 1.29 is 60.4 Å². The molecule has 0 amide bonds. The van der Waals surface area contributed by atoms with Crippen molar-refractivity contribution in [3.05, 3.63) is 359 Å². The van der Waals surface area contributed by atoms with Crippen LogP contribution in [0.2, 0.25) is 0 Å². The normalized spacial score (nSPS) is 25.7. The van der Waals surface area contributed by atoms with Crippen LogP contribution in [0.5, 0.6) is 0 Å². The zero-order chi connectivity index (χ0) is 81.8. The number of sulfone groups is 4. The van der Waals surface area contributed by atoms with Crippen LogP contribution in [-0.2, 0) is 50.3 Å². The summed E-state index contributed by atoms with van der Waals surface area (Å²) in [6.07, 6.45) is 13.5. The number of allylic oxidation sites excluding steroid dienone is 5. The van der Waals surface area contributed by atoms with Gasteiger partial charge in [0, 0.05) is 103 Å². The van der Waals surface area contributed by atoms with E-state index in [0.29, 0.717) is 44.5 Å². The highest BCUT2D eigenvalue weighted by Gasteiger charge is 2.54. The van der Waals surface area contributed by atoms with E-state index in [1.54, 1.807) is 109 Å². The maximum absolute atomic E-state index is 15.3. The minimum atomic E-state index is -3.93. The Hall–Kier alpha value is -10.3. The van der Waals surface area contributed by atoms with Gasteiger partial charge < -0.3 is 19.3 Å². The Bertz CT molecular complexity index is 6080. The highest BCUT2D eigenvalue weighted by Crippen LogP contribution is 2.59. The van der Waals surface area contributed by atoms with Crippen molar-refractivity contribution in [1.82, 2.24) is 0 Å². The molecule has 0 spiro atoms. The summed E-state index contributed by atoms with van der Waals surface area (Å²) in [6.45, 7) is 3.73. The van der Waals surface area contributed by atoms with Gasteiger partial charge in [-0.3, -0.25) is 4.79 Å². The van der Waals surface area contributed by atoms with Gasteiger partial charge in [-0.05, 0) is 137 Å². The molecule has 10 aromatic carbocycles. The fourth-order valence-corrected chi connectivity index (χ4v) is 29.2. The molecule has 6 heterocycles. The number of fused-ring (bicyclic) bond motifs is 12. The van der Waals surface area contributed by atoms with Crippen LogP contribution >= 0.6 is 7.14 Å². The lowest BCUT2D eigenvalue weighted by atomic mass is 9.84. The molecule has 3 aliphatic carbocycles. The average molecular weight is 1470 g/mol. The number of rotatable bonds is 4. The van der Waals surface area contributed by atoms with E-state index in [0.717, 1.165) is 50.7 Å². The third-order valence-electron chi connectivity index (χ3n) is 20.7. The predicted octanol–water partition coefficient (Wildman–Crippen LogP) is 17.5. The Morgan fingerprint density at radius 3 is 1.28 bits per heavy atom. The molecule has 7 unspecified atom stereocenters. The van der Waals surface area contributed by atoms with Gasteiger partial charge in [-0.25, -0.2) is 33.7 Å². The second kappa shape index (κ2) is 25.3. The van der Waals surface area contributed by atoms with E-state index in [1.165, 1.54) is 24.3 Å². The van der Waals surface area contributed by atoms with Crippen molar-refractivity contribution in [2.75, 3.05) is 14.7 Å². The molecule has 18 heteroatoms. The summed E-state index contributed by atoms with van der Waals surface area (Å²) in [5.74, 6) is -2.91. The first-order valence-electron chi connectivity index (χ1n) is 39.3. The van der Waals surface area contributed by atoms with Gasteiger partial charge in [0.2, 0.25) is 0 Å². The molecule has 0 radical (unpaired) electrons. The van der Waals surface area contributed by atoms with Crippen molar-refractivity contribution in [3.8, 4) is 0 Å². The molecule has 10 aromatic rings. The molecule has 19 rings (SSSR count). The molecule has 0 saturated carbocycles. The van der Waals surface area contributed by atoms with Crippen LogP contribution in [0, 0.1) is 5.92 Å². The zero-order valence-corrected chi connectivity index (χ0v) is 59.0. The number of carbonyl (C=O) groups excluding carboxylic acids is 1. The molecule has 0 aromatic heterocycles. The number of nitrogens with zero attached hydrogens (tertiary/aromatic N) is 3. The highest BCUT2D eigenvalue weighted by atomic mass is 32.2. The maximum atomic E-state index is 15.3. The topological polar surface area (TPSA) is 180 Å². The molecule has 0 saturated heterocycles. The van der Waals surface area contributed by atoms with Gasteiger partial charge >= 0.3 is 0 Å². The summed E-state index contributed by atoms with van der Waals surface area (Å²) in [5.41, 5.74) is 10.3. The summed E-state index contributed by atoms with van der Waals surface area (Å²) >= 11 is 0. The number of carbonyl (C=O) groups is 1. The average Bonchev–Trinajstić information content (AvgIpc) is 0.709. The fraction of sp³-hybridized carbons (Fsp3) is 0.141. The van der Waals surface area contributed by atoms with Gasteiger partial charge in [-0.2, -0.15) is 0 Å². The van der Waals surface area contributed by atoms with Gasteiger partial charge in [0.05, 0.1) is 41.7 Å². The second-order valence-corrected chi connectivity index (χ2v) is 37.4. The summed E-state index contributed by atoms with van der Waals surface area (Å²) in [4.78, 5) is 19.2. The van der Waals surface area contributed by atoms with E-state index in [-0.39, 0.29) is 38.4 Å². The first kappa shape index (κ1) is 58.3. The first-order valence-corrected chi connectivity index (χ1v) is 41.3. The van der Waals surface area contributed by atoms with Crippen molar-refractivity contribution in [3.63, 3.8) is 0 Å². The Labute approximate surface area is 619 Å². The molecule has 0 N–H and O–H groups in total. The van der Waals surface area contributed by atoms with Gasteiger partial charge in [-0.15, -0.1) is 0 Å². The lowest BCUT2D eigenvalue weighted by Crippen LogP contribution is -2.46. The third-order valence-corrected chi connectivity index (χ3v) is 33.3. The van der Waals surface area contributed by atoms with Gasteiger partial charge in [0.25, 0.3) is 0 Å². The van der Waals surface area contributed by atoms with Gasteiger partial charge in [0.1, 0.15) is 10.5 Å². The minimum Gasteiger partial charge on any atom is -0.313 e. The summed E-state index contributed by atoms with van der Waals surface area (Å²) < 4.78 is 199. The smallest absolute Gasteiger partial charge is 0.187 e. The number of hydrogen-bond acceptors (Lipinski definition) is 13. The van der Waals surface area contributed by atoms with Crippen molar-refractivity contribution >= 4 is 97.0 Å². The van der Waals surface area contributed by atoms with Crippen LogP contribution < -0.4 is 25.3 Å². The van der Waals surface area contributed by atoms with E-state index in [9.17, 15) is 38.5 Å². The van der Waals surface area contributed by atoms with E-state index < -0.39 is 97.2 Å². The van der Waals surface area contributed by atoms with Crippen molar-refractivity contribution in [1.29, 1.82) is 0 Å². The Balaban J connectivity index is 0.000000152. The third kappa shape index (κ3) is 10.5. The standard InChI is InChI=1S/C31H24NO3PS.C27H21NO3S.C26H21NO4S2.CH4.4H2/c33-36(25-12-2-1-3-13-25)28-16-8-9-17-30(28)37(34,35)31-19-18-24(21-29(31)36)32-26-14-6-4-10-22(26)20-23-11-5-7-15-27(23)32;1-17-19-8-2-5-11-23(19)28(24-12-6-3-9-20(17)24)18-14-15-26-22(16-18)27(29)21-10-4-7-13-25(21)32(26,30)31;1-17-19-8-2-4-10-21(19)27(22-11-5-3-9-20(17)22)18-14-15-25-26(16-18)33(30,31)24-13-7-6-12-23(24)32(25,28)29;;;;;/h1-19,21,29,31H,20H2;2-17,22,26H,1H3;2-17,25-26H,1H3;1H4;4*1H/i20D2;2*17D;;4*1+1D. The molecule has 103 heavy (non-hydrogen) atoms. The van der Waals surface area contributed by atoms with Crippen molar-refractivity contribution in [2.45, 2.75) is 85.7 Å². The Kier molecular flexibility index (Phi) is 14.3. The molecule has 0 bridgehead atoms. The van der Waals surface area contributed by atoms with E-state index in [2.05, 4.69) is 0 Å². The predicted molar refractivity (Wildman–Crippen MR) is 418 cm³/mol. The number of hydrogen-bond donors (Lipinski definition) is 0. The molecular formula is C85H78N3O10PS4. The van der Waals surface area contributed by atoms with E-state index >= 15 is 4.57 Å². The zero-order valence-electron chi connectivity index (χ0n) is 66.8. The highest BCUT2D eigenvalue weighted by molar-refractivity contribution is 7.99. The van der Waals surface area contributed by atoms with Crippen molar-refractivity contribution in [2.24, 2.45) is 5.92 Å². The molecule has 6 aliphatic heterocycles. The van der Waals surface area contributed by atoms with Crippen LogP contribution in [0.3, 0.4) is 0 Å².